The third-order valence-corrected chi connectivity index (χ3v) is 4.19. The van der Waals surface area contributed by atoms with Gasteiger partial charge < -0.3 is 10.2 Å². The van der Waals surface area contributed by atoms with E-state index < -0.39 is 0 Å². The highest BCUT2D eigenvalue weighted by molar-refractivity contribution is 6.14. The SMILES string of the molecule is CC1CC(=Cc2ccc(O)cc2)C(=O)C(=Cc2ccc(O)cc2)C1. The van der Waals surface area contributed by atoms with Gasteiger partial charge in [0.25, 0.3) is 0 Å². The van der Waals surface area contributed by atoms with Gasteiger partial charge in [0.1, 0.15) is 11.5 Å². The number of Topliss-reactive ketones (excluding diaryl/α,β-unsaturated/α-hetero) is 1. The number of carbonyl (C=O) groups excluding carboxylic acids is 1. The van der Waals surface area contributed by atoms with Gasteiger partial charge in [-0.25, -0.2) is 0 Å². The van der Waals surface area contributed by atoms with Crippen LogP contribution in [0.25, 0.3) is 12.2 Å². The molecular weight excluding hydrogens is 300 g/mol. The largest absolute Gasteiger partial charge is 0.508 e. The minimum atomic E-state index is 0.0780. The highest BCUT2D eigenvalue weighted by Crippen LogP contribution is 2.32. The molecule has 0 amide bonds. The van der Waals surface area contributed by atoms with Gasteiger partial charge in [0.2, 0.25) is 0 Å². The summed E-state index contributed by atoms with van der Waals surface area (Å²) in [7, 11) is 0. The summed E-state index contributed by atoms with van der Waals surface area (Å²) in [6, 6.07) is 13.7. The Labute approximate surface area is 141 Å². The Morgan fingerprint density at radius 1 is 0.792 bits per heavy atom. The maximum absolute atomic E-state index is 12.8. The molecular formula is C21H20O3. The summed E-state index contributed by atoms with van der Waals surface area (Å²) in [6.45, 7) is 2.14. The molecule has 0 aromatic heterocycles. The molecule has 0 radical (unpaired) electrons. The van der Waals surface area contributed by atoms with Crippen molar-refractivity contribution in [3.8, 4) is 11.5 Å². The molecule has 0 heterocycles. The molecule has 0 aliphatic heterocycles. The molecule has 1 aliphatic carbocycles. The van der Waals surface area contributed by atoms with Crippen molar-refractivity contribution in [1.29, 1.82) is 0 Å². The quantitative estimate of drug-likeness (QED) is 0.797. The van der Waals surface area contributed by atoms with E-state index in [-0.39, 0.29) is 17.3 Å². The third-order valence-electron chi connectivity index (χ3n) is 4.19. The van der Waals surface area contributed by atoms with Gasteiger partial charge in [-0.05, 0) is 66.3 Å². The van der Waals surface area contributed by atoms with Gasteiger partial charge in [-0.1, -0.05) is 31.2 Å². The van der Waals surface area contributed by atoms with Crippen molar-refractivity contribution < 1.29 is 15.0 Å². The summed E-state index contributed by atoms with van der Waals surface area (Å²) in [4.78, 5) is 12.8. The van der Waals surface area contributed by atoms with Gasteiger partial charge in [-0.3, -0.25) is 4.79 Å². The number of aromatic hydroxyl groups is 2. The van der Waals surface area contributed by atoms with Crippen molar-refractivity contribution in [2.24, 2.45) is 5.92 Å². The zero-order valence-electron chi connectivity index (χ0n) is 13.6. The van der Waals surface area contributed by atoms with Crippen molar-refractivity contribution >= 4 is 17.9 Å². The molecule has 0 spiro atoms. The molecule has 2 aromatic carbocycles. The number of ketones is 1. The predicted octanol–water partition coefficient (Wildman–Crippen LogP) is 4.56. The van der Waals surface area contributed by atoms with Gasteiger partial charge in [0.05, 0.1) is 0 Å². The lowest BCUT2D eigenvalue weighted by Gasteiger charge is -2.22. The minimum absolute atomic E-state index is 0.0780. The summed E-state index contributed by atoms with van der Waals surface area (Å²) < 4.78 is 0. The molecule has 3 heteroatoms. The summed E-state index contributed by atoms with van der Waals surface area (Å²) in [6.07, 6.45) is 5.32. The number of phenols is 2. The topological polar surface area (TPSA) is 57.5 Å². The van der Waals surface area contributed by atoms with Crippen molar-refractivity contribution in [3.63, 3.8) is 0 Å². The van der Waals surface area contributed by atoms with E-state index in [0.717, 1.165) is 35.1 Å². The molecule has 3 rings (SSSR count). The first-order valence-electron chi connectivity index (χ1n) is 8.05. The van der Waals surface area contributed by atoms with Crippen LogP contribution in [-0.2, 0) is 4.79 Å². The van der Waals surface area contributed by atoms with Crippen LogP contribution in [0.2, 0.25) is 0 Å². The number of hydrogen-bond acceptors (Lipinski definition) is 3. The lowest BCUT2D eigenvalue weighted by Crippen LogP contribution is -2.18. The van der Waals surface area contributed by atoms with E-state index in [1.807, 2.05) is 12.2 Å². The Balaban J connectivity index is 1.90. The molecule has 0 unspecified atom stereocenters. The van der Waals surface area contributed by atoms with E-state index in [1.165, 1.54) is 0 Å². The minimum Gasteiger partial charge on any atom is -0.508 e. The first kappa shape index (κ1) is 16.1. The number of rotatable bonds is 2. The molecule has 0 bridgehead atoms. The molecule has 1 fully saturated rings. The number of carbonyl (C=O) groups is 1. The fourth-order valence-corrected chi connectivity index (χ4v) is 3.01. The Hall–Kier alpha value is -2.81. The number of benzene rings is 2. The lowest BCUT2D eigenvalue weighted by atomic mass is 9.81. The summed E-state index contributed by atoms with van der Waals surface area (Å²) in [5.74, 6) is 0.908. The normalized spacial score (nSPS) is 21.4. The summed E-state index contributed by atoms with van der Waals surface area (Å²) in [5.41, 5.74) is 3.41. The number of hydrogen-bond donors (Lipinski definition) is 2. The lowest BCUT2D eigenvalue weighted by molar-refractivity contribution is -0.113. The summed E-state index contributed by atoms with van der Waals surface area (Å²) >= 11 is 0. The maximum Gasteiger partial charge on any atom is 0.185 e. The van der Waals surface area contributed by atoms with E-state index in [0.29, 0.717) is 5.92 Å². The van der Waals surface area contributed by atoms with Gasteiger partial charge in [0.15, 0.2) is 5.78 Å². The van der Waals surface area contributed by atoms with E-state index in [2.05, 4.69) is 6.92 Å². The molecule has 1 saturated carbocycles. The van der Waals surface area contributed by atoms with Crippen LogP contribution < -0.4 is 0 Å². The Morgan fingerprint density at radius 3 is 1.54 bits per heavy atom. The third kappa shape index (κ3) is 3.74. The molecule has 2 N–H and O–H groups in total. The van der Waals surface area contributed by atoms with Crippen molar-refractivity contribution in [1.82, 2.24) is 0 Å². The Morgan fingerprint density at radius 2 is 1.17 bits per heavy atom. The molecule has 0 saturated heterocycles. The monoisotopic (exact) mass is 320 g/mol. The number of allylic oxidation sites excluding steroid dienone is 2. The first-order chi connectivity index (χ1) is 11.5. The smallest absolute Gasteiger partial charge is 0.185 e. The van der Waals surface area contributed by atoms with Gasteiger partial charge >= 0.3 is 0 Å². The molecule has 2 aromatic rings. The molecule has 0 atom stereocenters. The highest BCUT2D eigenvalue weighted by atomic mass is 16.3. The van der Waals surface area contributed by atoms with Crippen LogP contribution in [0.5, 0.6) is 11.5 Å². The molecule has 122 valence electrons. The molecule has 3 nitrogen and oxygen atoms in total. The van der Waals surface area contributed by atoms with Crippen LogP contribution in [0.3, 0.4) is 0 Å². The second-order valence-corrected chi connectivity index (χ2v) is 6.36. The van der Waals surface area contributed by atoms with Crippen LogP contribution in [-0.4, -0.2) is 16.0 Å². The standard InChI is InChI=1S/C21H20O3/c1-14-10-17(12-15-2-6-19(22)7-3-15)21(24)18(11-14)13-16-4-8-20(23)9-5-16/h2-9,12-14,22-23H,10-11H2,1H3. The maximum atomic E-state index is 12.8. The molecule has 24 heavy (non-hydrogen) atoms. The first-order valence-corrected chi connectivity index (χ1v) is 8.05. The number of phenolic OH excluding ortho intramolecular Hbond substituents is 2. The Kier molecular flexibility index (Phi) is 4.52. The fourth-order valence-electron chi connectivity index (χ4n) is 3.01. The predicted molar refractivity (Wildman–Crippen MR) is 95.6 cm³/mol. The van der Waals surface area contributed by atoms with Crippen LogP contribution in [0.15, 0.2) is 59.7 Å². The zero-order chi connectivity index (χ0) is 17.1. The second-order valence-electron chi connectivity index (χ2n) is 6.36. The average Bonchev–Trinajstić information content (AvgIpc) is 2.56. The second kappa shape index (κ2) is 6.75. The van der Waals surface area contributed by atoms with Crippen LogP contribution in [0, 0.1) is 5.92 Å². The van der Waals surface area contributed by atoms with E-state index in [4.69, 9.17) is 0 Å². The summed E-state index contributed by atoms with van der Waals surface area (Å²) in [5, 5.41) is 18.7. The zero-order valence-corrected chi connectivity index (χ0v) is 13.6. The van der Waals surface area contributed by atoms with E-state index >= 15 is 0 Å². The van der Waals surface area contributed by atoms with E-state index in [9.17, 15) is 15.0 Å². The highest BCUT2D eigenvalue weighted by Gasteiger charge is 2.25. The average molecular weight is 320 g/mol. The van der Waals surface area contributed by atoms with Crippen molar-refractivity contribution in [3.05, 3.63) is 70.8 Å². The van der Waals surface area contributed by atoms with Crippen molar-refractivity contribution in [2.45, 2.75) is 19.8 Å². The van der Waals surface area contributed by atoms with Gasteiger partial charge in [-0.15, -0.1) is 0 Å². The van der Waals surface area contributed by atoms with Crippen molar-refractivity contribution in [2.75, 3.05) is 0 Å². The van der Waals surface area contributed by atoms with Crippen LogP contribution in [0.4, 0.5) is 0 Å². The molecule has 1 aliphatic rings. The fraction of sp³-hybridized carbons (Fsp3) is 0.190. The van der Waals surface area contributed by atoms with Crippen LogP contribution in [0.1, 0.15) is 30.9 Å². The Bertz CT molecular complexity index is 728. The van der Waals surface area contributed by atoms with Gasteiger partial charge in [0, 0.05) is 11.1 Å². The van der Waals surface area contributed by atoms with E-state index in [1.54, 1.807) is 48.5 Å². The van der Waals surface area contributed by atoms with Gasteiger partial charge in [-0.2, -0.15) is 0 Å². The van der Waals surface area contributed by atoms with Crippen LogP contribution >= 0.6 is 0 Å².